The molecule has 0 bridgehead atoms. The Hall–Kier alpha value is -2.62. The molecule has 0 saturated heterocycles. The first kappa shape index (κ1) is 22.1. The molecule has 0 unspecified atom stereocenters. The van der Waals surface area contributed by atoms with Gasteiger partial charge in [0.2, 0.25) is 10.0 Å². The van der Waals surface area contributed by atoms with Gasteiger partial charge in [0.05, 0.1) is 11.4 Å². The molecule has 30 heavy (non-hydrogen) atoms. The van der Waals surface area contributed by atoms with Gasteiger partial charge < -0.3 is 5.32 Å². The van der Waals surface area contributed by atoms with Crippen LogP contribution in [0.2, 0.25) is 0 Å². The maximum atomic E-state index is 13.2. The third-order valence-electron chi connectivity index (χ3n) is 3.96. The summed E-state index contributed by atoms with van der Waals surface area (Å²) < 4.78 is 41.3. The number of benzene rings is 2. The summed E-state index contributed by atoms with van der Waals surface area (Å²) in [6, 6.07) is 12.1. The van der Waals surface area contributed by atoms with E-state index in [-0.39, 0.29) is 16.4 Å². The maximum Gasteiger partial charge on any atom is 0.267 e. The quantitative estimate of drug-likeness (QED) is 0.599. The van der Waals surface area contributed by atoms with E-state index < -0.39 is 21.5 Å². The van der Waals surface area contributed by atoms with Crippen LogP contribution in [0.15, 0.2) is 53.4 Å². The first-order valence-electron chi connectivity index (χ1n) is 9.14. The lowest BCUT2D eigenvalue weighted by Gasteiger charge is -2.21. The predicted octanol–water partition coefficient (Wildman–Crippen LogP) is 4.59. The number of aryl methyl sites for hydroxylation is 1. The molecule has 1 aromatic heterocycles. The average Bonchev–Trinajstić information content (AvgIpc) is 3.02. The number of para-hydroxylation sites is 1. The van der Waals surface area contributed by atoms with Gasteiger partial charge >= 0.3 is 0 Å². The number of rotatable bonds is 5. The van der Waals surface area contributed by atoms with Crippen LogP contribution in [0.5, 0.6) is 0 Å². The smallest absolute Gasteiger partial charge is 0.267 e. The van der Waals surface area contributed by atoms with E-state index in [9.17, 15) is 17.6 Å². The van der Waals surface area contributed by atoms with Crippen LogP contribution in [0.25, 0.3) is 10.6 Å². The zero-order chi connectivity index (χ0) is 22.1. The van der Waals surface area contributed by atoms with Gasteiger partial charge in [0, 0.05) is 11.1 Å². The molecule has 6 nitrogen and oxygen atoms in total. The Morgan fingerprint density at radius 1 is 1.07 bits per heavy atom. The Morgan fingerprint density at radius 2 is 1.70 bits per heavy atom. The highest BCUT2D eigenvalue weighted by Crippen LogP contribution is 2.30. The minimum atomic E-state index is -3.84. The molecule has 9 heteroatoms. The highest BCUT2D eigenvalue weighted by atomic mass is 32.2. The summed E-state index contributed by atoms with van der Waals surface area (Å²) in [5.74, 6) is -0.816. The first-order chi connectivity index (χ1) is 14.0. The van der Waals surface area contributed by atoms with Crippen molar-refractivity contribution in [3.8, 4) is 10.6 Å². The van der Waals surface area contributed by atoms with E-state index in [0.29, 0.717) is 21.1 Å². The molecule has 0 aliphatic heterocycles. The molecular formula is C21H22FN3O3S2. The fourth-order valence-corrected chi connectivity index (χ4v) is 5.31. The van der Waals surface area contributed by atoms with E-state index in [1.165, 1.54) is 24.3 Å². The van der Waals surface area contributed by atoms with Crippen molar-refractivity contribution in [3.05, 3.63) is 64.9 Å². The van der Waals surface area contributed by atoms with Gasteiger partial charge in [-0.15, -0.1) is 11.3 Å². The molecule has 0 saturated carbocycles. The zero-order valence-electron chi connectivity index (χ0n) is 17.0. The van der Waals surface area contributed by atoms with Crippen LogP contribution in [0.3, 0.4) is 0 Å². The molecule has 0 spiro atoms. The third-order valence-corrected chi connectivity index (χ3v) is 6.98. The second kappa shape index (κ2) is 8.25. The molecule has 0 radical (unpaired) electrons. The third kappa shape index (κ3) is 5.10. The predicted molar refractivity (Wildman–Crippen MR) is 117 cm³/mol. The average molecular weight is 448 g/mol. The van der Waals surface area contributed by atoms with Crippen LogP contribution >= 0.6 is 11.3 Å². The summed E-state index contributed by atoms with van der Waals surface area (Å²) in [5, 5.41) is 3.26. The number of anilines is 1. The van der Waals surface area contributed by atoms with Gasteiger partial charge in [-0.05, 0) is 64.1 Å². The fraction of sp³-hybridized carbons (Fsp3) is 0.238. The first-order valence-corrected chi connectivity index (χ1v) is 11.4. The van der Waals surface area contributed by atoms with Crippen molar-refractivity contribution in [3.63, 3.8) is 0 Å². The van der Waals surface area contributed by atoms with Crippen molar-refractivity contribution in [1.82, 2.24) is 9.71 Å². The van der Waals surface area contributed by atoms with Crippen LogP contribution in [-0.4, -0.2) is 24.8 Å². The van der Waals surface area contributed by atoms with E-state index in [4.69, 9.17) is 0 Å². The van der Waals surface area contributed by atoms with Crippen LogP contribution in [0, 0.1) is 12.7 Å². The molecule has 158 valence electrons. The second-order valence-electron chi connectivity index (χ2n) is 7.75. The number of nitrogens with zero attached hydrogens (tertiary/aromatic N) is 1. The van der Waals surface area contributed by atoms with Gasteiger partial charge in [0.25, 0.3) is 5.91 Å². The van der Waals surface area contributed by atoms with Crippen molar-refractivity contribution in [2.45, 2.75) is 38.1 Å². The number of hydrogen-bond donors (Lipinski definition) is 2. The van der Waals surface area contributed by atoms with Gasteiger partial charge in [-0.2, -0.15) is 0 Å². The lowest BCUT2D eigenvalue weighted by atomic mass is 10.1. The van der Waals surface area contributed by atoms with E-state index in [0.717, 1.165) is 11.3 Å². The molecule has 0 aliphatic rings. The van der Waals surface area contributed by atoms with Crippen molar-refractivity contribution in [2.24, 2.45) is 0 Å². The molecule has 2 aromatic carbocycles. The lowest BCUT2D eigenvalue weighted by Crippen LogP contribution is -2.40. The summed E-state index contributed by atoms with van der Waals surface area (Å²) in [6.07, 6.45) is 0. The molecule has 0 fully saturated rings. The van der Waals surface area contributed by atoms with Crippen LogP contribution in [0.1, 0.15) is 36.1 Å². The standard InChI is InChI=1S/C21H22FN3O3S2/c1-13-18(29-20(23-13)14-9-11-15(22)12-10-14)19(26)24-16-7-5-6-8-17(16)30(27,28)25-21(2,3)4/h5-12,25H,1-4H3,(H,24,26). The number of hydrogen-bond acceptors (Lipinski definition) is 5. The summed E-state index contributed by atoms with van der Waals surface area (Å²) in [5.41, 5.74) is 0.704. The number of carbonyl (C=O) groups excluding carboxylic acids is 1. The Kier molecular flexibility index (Phi) is 6.07. The van der Waals surface area contributed by atoms with Gasteiger partial charge in [-0.3, -0.25) is 4.79 Å². The number of thiazole rings is 1. The van der Waals surface area contributed by atoms with E-state index in [1.807, 2.05) is 0 Å². The van der Waals surface area contributed by atoms with Gasteiger partial charge in [-0.1, -0.05) is 12.1 Å². The highest BCUT2D eigenvalue weighted by molar-refractivity contribution is 7.89. The number of aromatic nitrogens is 1. The monoisotopic (exact) mass is 447 g/mol. The summed E-state index contributed by atoms with van der Waals surface area (Å²) >= 11 is 1.16. The van der Waals surface area contributed by atoms with Crippen molar-refractivity contribution >= 4 is 33.0 Å². The summed E-state index contributed by atoms with van der Waals surface area (Å²) in [4.78, 5) is 17.6. The minimum Gasteiger partial charge on any atom is -0.320 e. The number of nitrogens with one attached hydrogen (secondary N) is 2. The zero-order valence-corrected chi connectivity index (χ0v) is 18.6. The summed E-state index contributed by atoms with van der Waals surface area (Å²) in [7, 11) is -3.84. The summed E-state index contributed by atoms with van der Waals surface area (Å²) in [6.45, 7) is 6.92. The van der Waals surface area contributed by atoms with Crippen molar-refractivity contribution < 1.29 is 17.6 Å². The second-order valence-corrected chi connectivity index (χ2v) is 10.4. The minimum absolute atomic E-state index is 0.0193. The van der Waals surface area contributed by atoms with Gasteiger partial charge in [0.1, 0.15) is 20.6 Å². The fourth-order valence-electron chi connectivity index (χ4n) is 2.76. The maximum absolute atomic E-state index is 13.2. The molecule has 1 amide bonds. The molecule has 1 heterocycles. The van der Waals surface area contributed by atoms with Gasteiger partial charge in [-0.25, -0.2) is 22.5 Å². The molecular weight excluding hydrogens is 425 g/mol. The van der Waals surface area contributed by atoms with Crippen molar-refractivity contribution in [1.29, 1.82) is 0 Å². The number of amides is 1. The molecule has 3 aromatic rings. The largest absolute Gasteiger partial charge is 0.320 e. The SMILES string of the molecule is Cc1nc(-c2ccc(F)cc2)sc1C(=O)Nc1ccccc1S(=O)(=O)NC(C)(C)C. The Bertz CT molecular complexity index is 1180. The molecule has 2 N–H and O–H groups in total. The number of sulfonamides is 1. The molecule has 0 atom stereocenters. The number of halogens is 1. The molecule has 3 rings (SSSR count). The highest BCUT2D eigenvalue weighted by Gasteiger charge is 2.26. The van der Waals surface area contributed by atoms with Crippen LogP contribution in [0.4, 0.5) is 10.1 Å². The Morgan fingerprint density at radius 3 is 2.33 bits per heavy atom. The van der Waals surface area contributed by atoms with E-state index in [1.54, 1.807) is 52.0 Å². The Labute approximate surface area is 179 Å². The molecule has 0 aliphatic carbocycles. The Balaban J connectivity index is 1.90. The van der Waals surface area contributed by atoms with E-state index in [2.05, 4.69) is 15.0 Å². The van der Waals surface area contributed by atoms with Crippen LogP contribution < -0.4 is 10.0 Å². The van der Waals surface area contributed by atoms with Crippen LogP contribution in [-0.2, 0) is 10.0 Å². The lowest BCUT2D eigenvalue weighted by molar-refractivity contribution is 0.102. The normalized spacial score (nSPS) is 12.0. The number of carbonyl (C=O) groups is 1. The topological polar surface area (TPSA) is 88.2 Å². The van der Waals surface area contributed by atoms with Gasteiger partial charge in [0.15, 0.2) is 0 Å². The van der Waals surface area contributed by atoms with E-state index >= 15 is 0 Å². The van der Waals surface area contributed by atoms with Crippen molar-refractivity contribution in [2.75, 3.05) is 5.32 Å².